The van der Waals surface area contributed by atoms with E-state index in [0.29, 0.717) is 12.3 Å². The molecule has 15 heavy (non-hydrogen) atoms. The monoisotopic (exact) mass is 207 g/mol. The molecule has 82 valence electrons. The lowest BCUT2D eigenvalue weighted by atomic mass is 9.96. The lowest BCUT2D eigenvalue weighted by Gasteiger charge is -2.09. The zero-order valence-electron chi connectivity index (χ0n) is 9.16. The summed E-state index contributed by atoms with van der Waals surface area (Å²) in [7, 11) is 0. The molecule has 3 nitrogen and oxygen atoms in total. The fourth-order valence-electron chi connectivity index (χ4n) is 1.54. The second-order valence-electron chi connectivity index (χ2n) is 3.85. The number of aromatic amines is 1. The summed E-state index contributed by atoms with van der Waals surface area (Å²) in [6, 6.07) is 2.01. The molecule has 0 saturated carbocycles. The van der Waals surface area contributed by atoms with Crippen molar-refractivity contribution in [3.8, 4) is 0 Å². The fourth-order valence-corrected chi connectivity index (χ4v) is 1.54. The number of carboxylic acids is 1. The first kappa shape index (κ1) is 11.6. The first-order valence-electron chi connectivity index (χ1n) is 5.16. The molecule has 1 heterocycles. The van der Waals surface area contributed by atoms with Crippen LogP contribution < -0.4 is 0 Å². The highest BCUT2D eigenvalue weighted by molar-refractivity contribution is 5.69. The summed E-state index contributed by atoms with van der Waals surface area (Å²) >= 11 is 0. The maximum atomic E-state index is 10.4. The molecule has 1 rings (SSSR count). The first-order chi connectivity index (χ1) is 7.11. The molecule has 0 aliphatic heterocycles. The van der Waals surface area contributed by atoms with Crippen molar-refractivity contribution in [1.82, 2.24) is 4.98 Å². The molecule has 0 bridgehead atoms. The maximum Gasteiger partial charge on any atom is 0.303 e. The van der Waals surface area contributed by atoms with Gasteiger partial charge in [-0.05, 0) is 29.5 Å². The van der Waals surface area contributed by atoms with E-state index in [0.717, 1.165) is 5.56 Å². The second kappa shape index (κ2) is 5.39. The average molecular weight is 207 g/mol. The van der Waals surface area contributed by atoms with Crippen molar-refractivity contribution < 1.29 is 9.90 Å². The smallest absolute Gasteiger partial charge is 0.303 e. The molecule has 0 spiro atoms. The second-order valence-corrected chi connectivity index (χ2v) is 3.85. The highest BCUT2D eigenvalue weighted by Crippen LogP contribution is 2.23. The summed E-state index contributed by atoms with van der Waals surface area (Å²) < 4.78 is 0. The Morgan fingerprint density at radius 1 is 1.60 bits per heavy atom. The minimum atomic E-state index is -0.747. The normalized spacial score (nSPS) is 12.1. The molecule has 0 amide bonds. The van der Waals surface area contributed by atoms with Crippen LogP contribution in [0.25, 0.3) is 5.57 Å². The number of carboxylic acid groups (broad SMARTS) is 1. The Balaban J connectivity index is 2.70. The number of aliphatic carboxylic acids is 1. The molecule has 0 aliphatic rings. The van der Waals surface area contributed by atoms with E-state index in [1.807, 2.05) is 24.5 Å². The molecule has 3 heteroatoms. The third kappa shape index (κ3) is 3.62. The Labute approximate surface area is 89.8 Å². The fraction of sp³-hybridized carbons (Fsp3) is 0.417. The van der Waals surface area contributed by atoms with Gasteiger partial charge in [0.2, 0.25) is 0 Å². The van der Waals surface area contributed by atoms with Crippen LogP contribution in [0.15, 0.2) is 24.5 Å². The molecule has 0 atom stereocenters. The van der Waals surface area contributed by atoms with Gasteiger partial charge in [-0.1, -0.05) is 19.9 Å². The largest absolute Gasteiger partial charge is 0.481 e. The van der Waals surface area contributed by atoms with Gasteiger partial charge in [-0.3, -0.25) is 4.79 Å². The zero-order valence-corrected chi connectivity index (χ0v) is 9.16. The van der Waals surface area contributed by atoms with Crippen LogP contribution in [-0.2, 0) is 4.79 Å². The minimum Gasteiger partial charge on any atom is -0.481 e. The number of carbonyl (C=O) groups is 1. The van der Waals surface area contributed by atoms with Crippen LogP contribution in [0, 0.1) is 5.92 Å². The Morgan fingerprint density at radius 2 is 2.33 bits per heavy atom. The topological polar surface area (TPSA) is 53.1 Å². The lowest BCUT2D eigenvalue weighted by Crippen LogP contribution is -1.95. The highest BCUT2D eigenvalue weighted by atomic mass is 16.4. The molecule has 0 radical (unpaired) electrons. The van der Waals surface area contributed by atoms with Crippen LogP contribution >= 0.6 is 0 Å². The van der Waals surface area contributed by atoms with Crippen molar-refractivity contribution in [3.05, 3.63) is 30.1 Å². The van der Waals surface area contributed by atoms with E-state index in [1.165, 1.54) is 5.57 Å². The first-order valence-corrected chi connectivity index (χ1v) is 5.16. The van der Waals surface area contributed by atoms with Crippen LogP contribution in [0.4, 0.5) is 0 Å². The van der Waals surface area contributed by atoms with E-state index >= 15 is 0 Å². The Hall–Kier alpha value is -1.51. The molecule has 0 aliphatic carbocycles. The molecule has 1 aromatic heterocycles. The van der Waals surface area contributed by atoms with Crippen LogP contribution in [0.2, 0.25) is 0 Å². The van der Waals surface area contributed by atoms with Gasteiger partial charge < -0.3 is 10.1 Å². The van der Waals surface area contributed by atoms with E-state index in [4.69, 9.17) is 5.11 Å². The average Bonchev–Trinajstić information content (AvgIpc) is 2.63. The summed E-state index contributed by atoms with van der Waals surface area (Å²) in [5.74, 6) is -0.335. The Morgan fingerprint density at radius 3 is 2.80 bits per heavy atom. The lowest BCUT2D eigenvalue weighted by molar-refractivity contribution is -0.136. The van der Waals surface area contributed by atoms with Gasteiger partial charge in [-0.25, -0.2) is 0 Å². The Bertz CT molecular complexity index is 337. The van der Waals surface area contributed by atoms with Crippen LogP contribution in [0.1, 0.15) is 32.3 Å². The van der Waals surface area contributed by atoms with E-state index in [2.05, 4.69) is 18.8 Å². The van der Waals surface area contributed by atoms with Crippen molar-refractivity contribution in [2.24, 2.45) is 5.92 Å². The van der Waals surface area contributed by atoms with Crippen LogP contribution in [-0.4, -0.2) is 16.1 Å². The number of aromatic nitrogens is 1. The predicted molar refractivity (Wildman–Crippen MR) is 60.5 cm³/mol. The molecule has 0 unspecified atom stereocenters. The standard InChI is InChI=1S/C12H17NO2/c1-9(2)11(4-3-5-12(14)15)10-6-7-13-8-10/h4,6-9,13H,3,5H2,1-2H3,(H,14,15)/b11-4+. The van der Waals surface area contributed by atoms with Gasteiger partial charge in [0, 0.05) is 18.8 Å². The van der Waals surface area contributed by atoms with Crippen molar-refractivity contribution in [2.75, 3.05) is 0 Å². The quantitative estimate of drug-likeness (QED) is 0.780. The van der Waals surface area contributed by atoms with E-state index < -0.39 is 5.97 Å². The SMILES string of the molecule is CC(C)/C(=C\CCC(=O)O)c1cc[nH]c1. The number of nitrogens with one attached hydrogen (secondary N) is 1. The van der Waals surface area contributed by atoms with E-state index in [1.54, 1.807) is 0 Å². The summed E-state index contributed by atoms with van der Waals surface area (Å²) in [5.41, 5.74) is 2.35. The van der Waals surface area contributed by atoms with Gasteiger partial charge in [0.15, 0.2) is 0 Å². The minimum absolute atomic E-state index is 0.195. The molecule has 0 aromatic carbocycles. The van der Waals surface area contributed by atoms with E-state index in [-0.39, 0.29) is 6.42 Å². The summed E-state index contributed by atoms with van der Waals surface area (Å²) in [4.78, 5) is 13.4. The number of rotatable bonds is 5. The molecule has 2 N–H and O–H groups in total. The van der Waals surface area contributed by atoms with Crippen molar-refractivity contribution in [2.45, 2.75) is 26.7 Å². The van der Waals surface area contributed by atoms with Crippen molar-refractivity contribution in [1.29, 1.82) is 0 Å². The zero-order chi connectivity index (χ0) is 11.3. The number of allylic oxidation sites excluding steroid dienone is 2. The Kier molecular flexibility index (Phi) is 4.16. The third-order valence-corrected chi connectivity index (χ3v) is 2.28. The van der Waals surface area contributed by atoms with Crippen molar-refractivity contribution in [3.63, 3.8) is 0 Å². The van der Waals surface area contributed by atoms with Gasteiger partial charge in [0.1, 0.15) is 0 Å². The predicted octanol–water partition coefficient (Wildman–Crippen LogP) is 2.92. The number of H-pyrrole nitrogens is 1. The summed E-state index contributed by atoms with van der Waals surface area (Å²) in [5, 5.41) is 8.56. The summed E-state index contributed by atoms with van der Waals surface area (Å²) in [6.07, 6.45) is 6.62. The van der Waals surface area contributed by atoms with Gasteiger partial charge in [-0.2, -0.15) is 0 Å². The van der Waals surface area contributed by atoms with Crippen LogP contribution in [0.5, 0.6) is 0 Å². The molecule has 0 fully saturated rings. The molecule has 0 saturated heterocycles. The van der Waals surface area contributed by atoms with E-state index in [9.17, 15) is 4.79 Å². The molecular weight excluding hydrogens is 190 g/mol. The van der Waals surface area contributed by atoms with Gasteiger partial charge in [0.25, 0.3) is 0 Å². The number of hydrogen-bond donors (Lipinski definition) is 2. The number of hydrogen-bond acceptors (Lipinski definition) is 1. The summed E-state index contributed by atoms with van der Waals surface area (Å²) in [6.45, 7) is 4.22. The van der Waals surface area contributed by atoms with Gasteiger partial charge in [0.05, 0.1) is 0 Å². The van der Waals surface area contributed by atoms with Gasteiger partial charge >= 0.3 is 5.97 Å². The van der Waals surface area contributed by atoms with Crippen LogP contribution in [0.3, 0.4) is 0 Å². The third-order valence-electron chi connectivity index (χ3n) is 2.28. The van der Waals surface area contributed by atoms with Gasteiger partial charge in [-0.15, -0.1) is 0 Å². The molecule has 1 aromatic rings. The van der Waals surface area contributed by atoms with Crippen molar-refractivity contribution >= 4 is 11.5 Å². The maximum absolute atomic E-state index is 10.4. The molecular formula is C12H17NO2. The highest BCUT2D eigenvalue weighted by Gasteiger charge is 2.06.